The number of halogens is 3. The normalized spacial score (nSPS) is 11.1. The van der Waals surface area contributed by atoms with E-state index in [1.807, 2.05) is 0 Å². The predicted octanol–water partition coefficient (Wildman–Crippen LogP) is 3.00. The van der Waals surface area contributed by atoms with Crippen molar-refractivity contribution in [2.75, 3.05) is 5.32 Å². The van der Waals surface area contributed by atoms with E-state index < -0.39 is 15.7 Å². The van der Waals surface area contributed by atoms with E-state index in [0.717, 1.165) is 0 Å². The maximum absolute atomic E-state index is 11.4. The summed E-state index contributed by atoms with van der Waals surface area (Å²) in [6, 6.07) is 4.43. The van der Waals surface area contributed by atoms with E-state index in [0.29, 0.717) is 11.3 Å². The van der Waals surface area contributed by atoms with Crippen molar-refractivity contribution in [1.29, 1.82) is 0 Å². The van der Waals surface area contributed by atoms with Gasteiger partial charge in [-0.15, -0.1) is 0 Å². The van der Waals surface area contributed by atoms with Crippen LogP contribution >= 0.6 is 34.8 Å². The molecule has 7 heteroatoms. The topological polar surface area (TPSA) is 66.4 Å². The van der Waals surface area contributed by atoms with Gasteiger partial charge in [0.1, 0.15) is 0 Å². The van der Waals surface area contributed by atoms with E-state index in [1.165, 1.54) is 18.2 Å². The lowest BCUT2D eigenvalue weighted by atomic mass is 10.1. The van der Waals surface area contributed by atoms with Gasteiger partial charge in [-0.05, 0) is 24.6 Å². The molecule has 0 unspecified atom stereocenters. The molecular formula is C10H8Cl3NO3. The van der Waals surface area contributed by atoms with Crippen molar-refractivity contribution in [1.82, 2.24) is 0 Å². The first-order chi connectivity index (χ1) is 7.73. The summed E-state index contributed by atoms with van der Waals surface area (Å²) in [7, 11) is 0. The molecule has 0 heterocycles. The van der Waals surface area contributed by atoms with Crippen LogP contribution in [0.5, 0.6) is 0 Å². The molecule has 0 saturated heterocycles. The molecule has 0 fully saturated rings. The lowest BCUT2D eigenvalue weighted by Crippen LogP contribution is -2.27. The number of aromatic carboxylic acids is 1. The Kier molecular flexibility index (Phi) is 4.25. The van der Waals surface area contributed by atoms with E-state index >= 15 is 0 Å². The molecule has 0 aliphatic carbocycles. The Labute approximate surface area is 112 Å². The van der Waals surface area contributed by atoms with E-state index in [1.54, 1.807) is 6.92 Å². The van der Waals surface area contributed by atoms with Crippen LogP contribution < -0.4 is 5.32 Å². The number of carboxylic acid groups (broad SMARTS) is 1. The predicted molar refractivity (Wildman–Crippen MR) is 67.1 cm³/mol. The highest BCUT2D eigenvalue weighted by atomic mass is 35.6. The Morgan fingerprint density at radius 1 is 1.29 bits per heavy atom. The molecule has 0 saturated carbocycles. The van der Waals surface area contributed by atoms with E-state index in [4.69, 9.17) is 39.9 Å². The van der Waals surface area contributed by atoms with Crippen LogP contribution in [0.25, 0.3) is 0 Å². The number of rotatable bonds is 2. The molecule has 1 aromatic rings. The third kappa shape index (κ3) is 3.49. The van der Waals surface area contributed by atoms with Gasteiger partial charge in [0.25, 0.3) is 9.70 Å². The second-order valence-corrected chi connectivity index (χ2v) is 5.52. The van der Waals surface area contributed by atoms with Gasteiger partial charge in [-0.25, -0.2) is 4.79 Å². The summed E-state index contributed by atoms with van der Waals surface area (Å²) in [6.45, 7) is 1.55. The minimum absolute atomic E-state index is 0.0760. The van der Waals surface area contributed by atoms with Crippen molar-refractivity contribution >= 4 is 52.4 Å². The highest BCUT2D eigenvalue weighted by molar-refractivity contribution is 6.76. The molecular weight excluding hydrogens is 288 g/mol. The van der Waals surface area contributed by atoms with Crippen molar-refractivity contribution in [2.45, 2.75) is 10.7 Å². The molecule has 1 amide bonds. The van der Waals surface area contributed by atoms with Gasteiger partial charge in [0.15, 0.2) is 0 Å². The first-order valence-corrected chi connectivity index (χ1v) is 5.58. The number of amides is 1. The Balaban J connectivity index is 3.05. The number of carbonyl (C=O) groups is 2. The monoisotopic (exact) mass is 295 g/mol. The molecule has 0 aromatic heterocycles. The van der Waals surface area contributed by atoms with Crippen LogP contribution in [0.2, 0.25) is 0 Å². The molecule has 0 spiro atoms. The molecule has 0 aliphatic heterocycles. The number of carboxylic acids is 1. The lowest BCUT2D eigenvalue weighted by molar-refractivity contribution is -0.115. The first-order valence-electron chi connectivity index (χ1n) is 4.44. The van der Waals surface area contributed by atoms with Gasteiger partial charge in [-0.2, -0.15) is 0 Å². The number of anilines is 1. The quantitative estimate of drug-likeness (QED) is 0.824. The Morgan fingerprint density at radius 3 is 2.35 bits per heavy atom. The highest BCUT2D eigenvalue weighted by Crippen LogP contribution is 2.28. The van der Waals surface area contributed by atoms with Crippen LogP contribution in [0.15, 0.2) is 18.2 Å². The number of hydrogen-bond acceptors (Lipinski definition) is 2. The van der Waals surface area contributed by atoms with Gasteiger partial charge in [-0.1, -0.05) is 40.9 Å². The molecule has 92 valence electrons. The fourth-order valence-corrected chi connectivity index (χ4v) is 1.34. The summed E-state index contributed by atoms with van der Waals surface area (Å²) in [4.78, 5) is 22.3. The molecule has 1 rings (SSSR count). The average Bonchev–Trinajstić information content (AvgIpc) is 2.19. The molecule has 17 heavy (non-hydrogen) atoms. The summed E-state index contributed by atoms with van der Waals surface area (Å²) < 4.78 is -2.09. The summed E-state index contributed by atoms with van der Waals surface area (Å²) in [6.07, 6.45) is 0. The minimum atomic E-state index is -2.09. The molecule has 1 aromatic carbocycles. The highest BCUT2D eigenvalue weighted by Gasteiger charge is 2.31. The smallest absolute Gasteiger partial charge is 0.336 e. The van der Waals surface area contributed by atoms with Crippen LogP contribution in [0.1, 0.15) is 15.9 Å². The molecule has 4 nitrogen and oxygen atoms in total. The van der Waals surface area contributed by atoms with Crippen molar-refractivity contribution in [2.24, 2.45) is 0 Å². The maximum Gasteiger partial charge on any atom is 0.336 e. The van der Waals surface area contributed by atoms with Crippen LogP contribution in [0.4, 0.5) is 5.69 Å². The number of carbonyl (C=O) groups excluding carboxylic acids is 1. The number of benzene rings is 1. The SMILES string of the molecule is Cc1c(NC(=O)C(Cl)(Cl)Cl)cccc1C(=O)O. The second kappa shape index (κ2) is 5.12. The van der Waals surface area contributed by atoms with Crippen LogP contribution in [-0.2, 0) is 4.79 Å². The Morgan fingerprint density at radius 2 is 1.88 bits per heavy atom. The zero-order valence-corrected chi connectivity index (χ0v) is 10.9. The number of nitrogens with one attached hydrogen (secondary N) is 1. The zero-order chi connectivity index (χ0) is 13.2. The van der Waals surface area contributed by atoms with Crippen molar-refractivity contribution in [3.8, 4) is 0 Å². The fourth-order valence-electron chi connectivity index (χ4n) is 1.20. The van der Waals surface area contributed by atoms with Gasteiger partial charge < -0.3 is 10.4 Å². The maximum atomic E-state index is 11.4. The largest absolute Gasteiger partial charge is 0.478 e. The molecule has 0 radical (unpaired) electrons. The number of alkyl halides is 3. The van der Waals surface area contributed by atoms with Crippen LogP contribution in [0, 0.1) is 6.92 Å². The summed E-state index contributed by atoms with van der Waals surface area (Å²) in [5, 5.41) is 11.2. The third-order valence-corrected chi connectivity index (χ3v) is 2.58. The molecule has 0 bridgehead atoms. The van der Waals surface area contributed by atoms with Gasteiger partial charge in [0.05, 0.1) is 5.56 Å². The molecule has 0 aliphatic rings. The summed E-state index contributed by atoms with van der Waals surface area (Å²) >= 11 is 16.2. The fraction of sp³-hybridized carbons (Fsp3) is 0.200. The van der Waals surface area contributed by atoms with Gasteiger partial charge >= 0.3 is 5.97 Å². The van der Waals surface area contributed by atoms with Crippen LogP contribution in [-0.4, -0.2) is 20.8 Å². The van der Waals surface area contributed by atoms with E-state index in [2.05, 4.69) is 5.32 Å². The lowest BCUT2D eigenvalue weighted by Gasteiger charge is -2.14. The van der Waals surface area contributed by atoms with E-state index in [-0.39, 0.29) is 5.56 Å². The van der Waals surface area contributed by atoms with Gasteiger partial charge in [0.2, 0.25) is 0 Å². The zero-order valence-electron chi connectivity index (χ0n) is 8.63. The van der Waals surface area contributed by atoms with Crippen LogP contribution in [0.3, 0.4) is 0 Å². The molecule has 2 N–H and O–H groups in total. The van der Waals surface area contributed by atoms with Crippen molar-refractivity contribution < 1.29 is 14.7 Å². The van der Waals surface area contributed by atoms with Crippen molar-refractivity contribution in [3.63, 3.8) is 0 Å². The minimum Gasteiger partial charge on any atom is -0.478 e. The standard InChI is InChI=1S/C10H8Cl3NO3/c1-5-6(8(15)16)3-2-4-7(5)14-9(17)10(11,12)13/h2-4H,1H3,(H,14,17)(H,15,16). The Bertz CT molecular complexity index is 468. The second-order valence-electron chi connectivity index (χ2n) is 3.24. The third-order valence-electron chi connectivity index (χ3n) is 2.07. The molecule has 0 atom stereocenters. The van der Waals surface area contributed by atoms with E-state index in [9.17, 15) is 9.59 Å². The Hall–Kier alpha value is -0.970. The summed E-state index contributed by atoms with van der Waals surface area (Å²) in [5.74, 6) is -1.93. The number of hydrogen-bond donors (Lipinski definition) is 2. The average molecular weight is 297 g/mol. The van der Waals surface area contributed by atoms with Gasteiger partial charge in [-0.3, -0.25) is 4.79 Å². The van der Waals surface area contributed by atoms with Crippen molar-refractivity contribution in [3.05, 3.63) is 29.3 Å². The first kappa shape index (κ1) is 14.1. The summed E-state index contributed by atoms with van der Waals surface area (Å²) in [5.41, 5.74) is 0.760. The van der Waals surface area contributed by atoms with Gasteiger partial charge in [0, 0.05) is 5.69 Å².